The van der Waals surface area contributed by atoms with E-state index in [0.29, 0.717) is 17.8 Å². The molecular weight excluding hydrogens is 315 g/mol. The molecule has 3 atom stereocenters. The summed E-state index contributed by atoms with van der Waals surface area (Å²) >= 11 is 0. The van der Waals surface area contributed by atoms with Crippen LogP contribution in [-0.4, -0.2) is 48.3 Å². The zero-order chi connectivity index (χ0) is 17.3. The number of hydrogen-bond donors (Lipinski definition) is 0. The highest BCUT2D eigenvalue weighted by Gasteiger charge is 2.42. The number of esters is 1. The maximum absolute atomic E-state index is 13.0. The topological polar surface area (TPSA) is 68.2 Å². The molecule has 0 aromatic heterocycles. The molecule has 24 heavy (non-hydrogen) atoms. The summed E-state index contributed by atoms with van der Waals surface area (Å²) in [6.07, 6.45) is 2.54. The van der Waals surface area contributed by atoms with Gasteiger partial charge in [0.1, 0.15) is 11.9 Å². The number of methoxy groups -OCH3 is 1. The number of rotatable bonds is 3. The quantitative estimate of drug-likeness (QED) is 0.621. The van der Waals surface area contributed by atoms with Crippen molar-refractivity contribution in [1.29, 1.82) is 0 Å². The Morgan fingerprint density at radius 3 is 2.71 bits per heavy atom. The SMILES string of the molecule is COC(=O)C1C=CCN1C(=O)C1ON=C(c2ccc(F)cc2)C1C. The lowest BCUT2D eigenvalue weighted by Gasteiger charge is -2.26. The van der Waals surface area contributed by atoms with E-state index in [2.05, 4.69) is 5.16 Å². The van der Waals surface area contributed by atoms with Crippen LogP contribution < -0.4 is 0 Å². The Bertz CT molecular complexity index is 714. The van der Waals surface area contributed by atoms with Gasteiger partial charge in [-0.3, -0.25) is 4.79 Å². The van der Waals surface area contributed by atoms with E-state index in [1.54, 1.807) is 24.3 Å². The van der Waals surface area contributed by atoms with Gasteiger partial charge < -0.3 is 14.5 Å². The largest absolute Gasteiger partial charge is 0.467 e. The molecule has 2 aliphatic rings. The first-order valence-corrected chi connectivity index (χ1v) is 7.57. The summed E-state index contributed by atoms with van der Waals surface area (Å²) < 4.78 is 17.8. The summed E-state index contributed by atoms with van der Waals surface area (Å²) in [4.78, 5) is 31.2. The second-order valence-corrected chi connectivity index (χ2v) is 5.68. The number of hydrogen-bond acceptors (Lipinski definition) is 5. The molecule has 0 N–H and O–H groups in total. The molecular formula is C17H17FN2O4. The van der Waals surface area contributed by atoms with Crippen LogP contribution in [0.2, 0.25) is 0 Å². The van der Waals surface area contributed by atoms with Gasteiger partial charge in [0.25, 0.3) is 5.91 Å². The average Bonchev–Trinajstić information content (AvgIpc) is 3.21. The minimum atomic E-state index is -0.822. The van der Waals surface area contributed by atoms with E-state index in [4.69, 9.17) is 9.57 Å². The highest BCUT2D eigenvalue weighted by atomic mass is 19.1. The molecule has 0 spiro atoms. The highest BCUT2D eigenvalue weighted by Crippen LogP contribution is 2.26. The van der Waals surface area contributed by atoms with E-state index in [1.165, 1.54) is 24.1 Å². The number of nitrogens with zero attached hydrogens (tertiary/aromatic N) is 2. The number of ether oxygens (including phenoxy) is 1. The Kier molecular flexibility index (Phi) is 4.33. The summed E-state index contributed by atoms with van der Waals surface area (Å²) in [6, 6.07) is 5.10. The van der Waals surface area contributed by atoms with Crippen molar-refractivity contribution in [2.24, 2.45) is 11.1 Å². The van der Waals surface area contributed by atoms with Crippen LogP contribution in [0.25, 0.3) is 0 Å². The van der Waals surface area contributed by atoms with Crippen molar-refractivity contribution in [3.05, 3.63) is 47.8 Å². The lowest BCUT2D eigenvalue weighted by Crippen LogP contribution is -2.48. The van der Waals surface area contributed by atoms with Crippen LogP contribution in [0.1, 0.15) is 12.5 Å². The third-order valence-corrected chi connectivity index (χ3v) is 4.22. The van der Waals surface area contributed by atoms with Gasteiger partial charge in [-0.25, -0.2) is 9.18 Å². The number of carbonyl (C=O) groups is 2. The van der Waals surface area contributed by atoms with Crippen LogP contribution in [0.15, 0.2) is 41.6 Å². The molecule has 2 heterocycles. The third-order valence-electron chi connectivity index (χ3n) is 4.22. The predicted octanol–water partition coefficient (Wildman–Crippen LogP) is 1.50. The van der Waals surface area contributed by atoms with Gasteiger partial charge in [-0.2, -0.15) is 0 Å². The van der Waals surface area contributed by atoms with E-state index in [1.807, 2.05) is 6.92 Å². The van der Waals surface area contributed by atoms with Crippen LogP contribution in [0.3, 0.4) is 0 Å². The number of amides is 1. The second kappa shape index (κ2) is 6.43. The van der Waals surface area contributed by atoms with E-state index in [9.17, 15) is 14.0 Å². The smallest absolute Gasteiger partial charge is 0.332 e. The minimum Gasteiger partial charge on any atom is -0.467 e. The van der Waals surface area contributed by atoms with Crippen molar-refractivity contribution in [3.8, 4) is 0 Å². The van der Waals surface area contributed by atoms with Crippen molar-refractivity contribution in [3.63, 3.8) is 0 Å². The Morgan fingerprint density at radius 2 is 2.04 bits per heavy atom. The van der Waals surface area contributed by atoms with E-state index in [-0.39, 0.29) is 17.6 Å². The number of carbonyl (C=O) groups excluding carboxylic acids is 2. The molecule has 0 bridgehead atoms. The van der Waals surface area contributed by atoms with Gasteiger partial charge in [-0.15, -0.1) is 0 Å². The van der Waals surface area contributed by atoms with Gasteiger partial charge >= 0.3 is 5.97 Å². The first-order chi connectivity index (χ1) is 11.5. The zero-order valence-corrected chi connectivity index (χ0v) is 13.3. The summed E-state index contributed by atoms with van der Waals surface area (Å²) in [7, 11) is 1.28. The molecule has 0 aliphatic carbocycles. The molecule has 0 radical (unpaired) electrons. The van der Waals surface area contributed by atoms with Crippen molar-refractivity contribution in [2.75, 3.05) is 13.7 Å². The maximum Gasteiger partial charge on any atom is 0.332 e. The Balaban J connectivity index is 1.74. The molecule has 2 aliphatic heterocycles. The Hall–Kier alpha value is -2.70. The molecule has 3 unspecified atom stereocenters. The Labute approximate surface area is 138 Å². The standard InChI is InChI=1S/C17H17FN2O4/c1-10-14(11-5-7-12(18)8-6-11)19-24-15(10)16(21)20-9-3-4-13(20)17(22)23-2/h3-8,10,13,15H,9H2,1-2H3. The fourth-order valence-electron chi connectivity index (χ4n) is 2.86. The number of halogens is 1. The fourth-order valence-corrected chi connectivity index (χ4v) is 2.86. The van der Waals surface area contributed by atoms with Crippen molar-refractivity contribution in [1.82, 2.24) is 4.90 Å². The number of benzene rings is 1. The summed E-state index contributed by atoms with van der Waals surface area (Å²) in [6.45, 7) is 2.13. The lowest BCUT2D eigenvalue weighted by molar-refractivity contribution is -0.154. The first kappa shape index (κ1) is 16.2. The third kappa shape index (κ3) is 2.77. The van der Waals surface area contributed by atoms with Crippen LogP contribution in [0.4, 0.5) is 4.39 Å². The highest BCUT2D eigenvalue weighted by molar-refractivity contribution is 6.06. The fraction of sp³-hybridized carbons (Fsp3) is 0.353. The van der Waals surface area contributed by atoms with Crippen LogP contribution in [-0.2, 0) is 19.2 Å². The van der Waals surface area contributed by atoms with Crippen molar-refractivity contribution in [2.45, 2.75) is 19.1 Å². The van der Waals surface area contributed by atoms with Crippen molar-refractivity contribution < 1.29 is 23.6 Å². The monoisotopic (exact) mass is 332 g/mol. The second-order valence-electron chi connectivity index (χ2n) is 5.68. The molecule has 126 valence electrons. The van der Waals surface area contributed by atoms with Crippen molar-refractivity contribution >= 4 is 17.6 Å². The summed E-state index contributed by atoms with van der Waals surface area (Å²) in [5.74, 6) is -1.49. The maximum atomic E-state index is 13.0. The minimum absolute atomic E-state index is 0.317. The van der Waals surface area contributed by atoms with Gasteiger partial charge in [0.2, 0.25) is 6.10 Å². The van der Waals surface area contributed by atoms with Crippen LogP contribution >= 0.6 is 0 Å². The van der Waals surface area contributed by atoms with Gasteiger partial charge in [-0.05, 0) is 17.7 Å². The molecule has 0 fully saturated rings. The van der Waals surface area contributed by atoms with Gasteiger partial charge in [-0.1, -0.05) is 36.4 Å². The Morgan fingerprint density at radius 1 is 1.33 bits per heavy atom. The van der Waals surface area contributed by atoms with E-state index < -0.39 is 18.1 Å². The molecule has 1 amide bonds. The summed E-state index contributed by atoms with van der Waals surface area (Å²) in [5, 5.41) is 3.99. The predicted molar refractivity (Wildman–Crippen MR) is 83.6 cm³/mol. The number of oxime groups is 1. The van der Waals surface area contributed by atoms with Gasteiger partial charge in [0.15, 0.2) is 0 Å². The van der Waals surface area contributed by atoms with Gasteiger partial charge in [0.05, 0.1) is 18.7 Å². The molecule has 7 heteroatoms. The van der Waals surface area contributed by atoms with E-state index >= 15 is 0 Å². The summed E-state index contributed by atoms with van der Waals surface area (Å²) in [5.41, 5.74) is 1.28. The van der Waals surface area contributed by atoms with Crippen LogP contribution in [0, 0.1) is 11.7 Å². The molecule has 0 saturated heterocycles. The van der Waals surface area contributed by atoms with Gasteiger partial charge in [0, 0.05) is 6.54 Å². The van der Waals surface area contributed by atoms with Crippen LogP contribution in [0.5, 0.6) is 0 Å². The average molecular weight is 332 g/mol. The molecule has 6 nitrogen and oxygen atoms in total. The lowest BCUT2D eigenvalue weighted by atomic mass is 9.93. The van der Waals surface area contributed by atoms with E-state index in [0.717, 1.165) is 0 Å². The normalized spacial score (nSPS) is 25.4. The molecule has 3 rings (SSSR count). The molecule has 1 aromatic rings. The first-order valence-electron chi connectivity index (χ1n) is 7.57. The molecule has 1 aromatic carbocycles. The molecule has 0 saturated carbocycles. The zero-order valence-electron chi connectivity index (χ0n) is 13.3.